The molecule has 0 unspecified atom stereocenters. The molecule has 1 aromatic heterocycles. The molecule has 5 nitrogen and oxygen atoms in total. The van der Waals surface area contributed by atoms with Crippen LogP contribution < -0.4 is 4.90 Å². The number of anilines is 1. The van der Waals surface area contributed by atoms with Gasteiger partial charge in [-0.15, -0.1) is 0 Å². The van der Waals surface area contributed by atoms with Crippen molar-refractivity contribution in [3.05, 3.63) is 12.3 Å². The predicted molar refractivity (Wildman–Crippen MR) is 73.9 cm³/mol. The maximum Gasteiger partial charge on any atom is 0.233 e. The molecule has 1 fully saturated rings. The van der Waals surface area contributed by atoms with Crippen molar-refractivity contribution >= 4 is 11.7 Å². The van der Waals surface area contributed by atoms with E-state index in [1.54, 1.807) is 16.6 Å². The number of ether oxygens (including phenoxy) is 1. The summed E-state index contributed by atoms with van der Waals surface area (Å²) in [4.78, 5) is 14.3. The predicted octanol–water partition coefficient (Wildman–Crippen LogP) is 1.83. The smallest absolute Gasteiger partial charge is 0.233 e. The van der Waals surface area contributed by atoms with Crippen molar-refractivity contribution in [3.8, 4) is 0 Å². The van der Waals surface area contributed by atoms with Crippen LogP contribution in [0.15, 0.2) is 12.3 Å². The fraction of sp³-hybridized carbons (Fsp3) is 0.714. The molecule has 1 aliphatic heterocycles. The topological polar surface area (TPSA) is 47.4 Å². The minimum Gasteiger partial charge on any atom is -0.377 e. The van der Waals surface area contributed by atoms with Gasteiger partial charge in [0.15, 0.2) is 5.82 Å². The van der Waals surface area contributed by atoms with E-state index in [2.05, 4.69) is 18.9 Å². The van der Waals surface area contributed by atoms with Crippen LogP contribution in [0.3, 0.4) is 0 Å². The Morgan fingerprint density at radius 3 is 2.89 bits per heavy atom. The number of carbonyl (C=O) groups is 1. The first kappa shape index (κ1) is 14.1. The molecule has 0 aromatic carbocycles. The highest BCUT2D eigenvalue weighted by Crippen LogP contribution is 2.28. The monoisotopic (exact) mass is 265 g/mol. The lowest BCUT2D eigenvalue weighted by atomic mass is 9.86. The largest absolute Gasteiger partial charge is 0.377 e. The summed E-state index contributed by atoms with van der Waals surface area (Å²) in [7, 11) is 3.64. The van der Waals surface area contributed by atoms with E-state index in [-0.39, 0.29) is 17.9 Å². The molecule has 0 spiro atoms. The fourth-order valence-corrected chi connectivity index (χ4v) is 2.67. The Kier molecular flexibility index (Phi) is 4.24. The van der Waals surface area contributed by atoms with Gasteiger partial charge in [0.2, 0.25) is 5.91 Å². The Labute approximate surface area is 114 Å². The molecule has 0 radical (unpaired) electrons. The third-order valence-corrected chi connectivity index (χ3v) is 3.71. The number of aromatic nitrogens is 2. The Hall–Kier alpha value is -1.36. The van der Waals surface area contributed by atoms with E-state index in [1.807, 2.05) is 19.3 Å². The van der Waals surface area contributed by atoms with E-state index in [0.717, 1.165) is 19.4 Å². The van der Waals surface area contributed by atoms with Crippen LogP contribution >= 0.6 is 0 Å². The first-order chi connectivity index (χ1) is 9.00. The number of hydrogen-bond acceptors (Lipinski definition) is 3. The molecule has 0 saturated carbocycles. The van der Waals surface area contributed by atoms with E-state index in [1.165, 1.54) is 0 Å². The van der Waals surface area contributed by atoms with Crippen LogP contribution in [-0.4, -0.2) is 35.4 Å². The highest BCUT2D eigenvalue weighted by Gasteiger charge is 2.36. The van der Waals surface area contributed by atoms with Gasteiger partial charge in [0.25, 0.3) is 0 Å². The van der Waals surface area contributed by atoms with Crippen LogP contribution in [0.5, 0.6) is 0 Å². The van der Waals surface area contributed by atoms with Crippen LogP contribution in [-0.2, 0) is 16.6 Å². The molecular weight excluding hydrogens is 242 g/mol. The molecule has 1 saturated heterocycles. The van der Waals surface area contributed by atoms with E-state index in [0.29, 0.717) is 11.7 Å². The van der Waals surface area contributed by atoms with Crippen LogP contribution in [0.2, 0.25) is 0 Å². The maximum absolute atomic E-state index is 12.6. The number of nitrogens with zero attached hydrogens (tertiary/aromatic N) is 3. The van der Waals surface area contributed by atoms with Crippen molar-refractivity contribution in [1.82, 2.24) is 9.78 Å². The zero-order valence-corrected chi connectivity index (χ0v) is 12.2. The Bertz CT molecular complexity index is 442. The second-order valence-corrected chi connectivity index (χ2v) is 5.57. The zero-order chi connectivity index (χ0) is 14.0. The Balaban J connectivity index is 2.12. The highest BCUT2D eigenvalue weighted by molar-refractivity contribution is 5.94. The van der Waals surface area contributed by atoms with Crippen LogP contribution in [0.1, 0.15) is 26.7 Å². The van der Waals surface area contributed by atoms with Gasteiger partial charge < -0.3 is 4.74 Å². The first-order valence-electron chi connectivity index (χ1n) is 6.89. The average Bonchev–Trinajstić information content (AvgIpc) is 2.83. The number of amides is 1. The minimum absolute atomic E-state index is 0.0208. The van der Waals surface area contributed by atoms with Gasteiger partial charge in [0.05, 0.1) is 12.0 Å². The van der Waals surface area contributed by atoms with Gasteiger partial charge in [-0.3, -0.25) is 14.4 Å². The summed E-state index contributed by atoms with van der Waals surface area (Å²) < 4.78 is 7.50. The zero-order valence-electron chi connectivity index (χ0n) is 12.2. The quantitative estimate of drug-likeness (QED) is 0.837. The number of aryl methyl sites for hydroxylation is 1. The molecule has 19 heavy (non-hydrogen) atoms. The summed E-state index contributed by atoms with van der Waals surface area (Å²) in [5.41, 5.74) is 0. The van der Waals surface area contributed by atoms with Crippen LogP contribution in [0.25, 0.3) is 0 Å². The summed E-state index contributed by atoms with van der Waals surface area (Å²) in [6.07, 6.45) is 3.72. The van der Waals surface area contributed by atoms with Crippen LogP contribution in [0.4, 0.5) is 5.82 Å². The van der Waals surface area contributed by atoms with Crippen molar-refractivity contribution < 1.29 is 9.53 Å². The Morgan fingerprint density at radius 1 is 1.58 bits per heavy atom. The van der Waals surface area contributed by atoms with Gasteiger partial charge in [-0.25, -0.2) is 0 Å². The molecule has 106 valence electrons. The standard InChI is InChI=1S/C14H23N3O2/c1-10(2)13-11(6-5-9-19-13)14(18)17(4)12-7-8-16(3)15-12/h7-8,10-11,13H,5-6,9H2,1-4H3/t11-,13-/m0/s1. The van der Waals surface area contributed by atoms with E-state index >= 15 is 0 Å². The molecule has 2 rings (SSSR count). The third kappa shape index (κ3) is 2.97. The number of rotatable bonds is 3. The van der Waals surface area contributed by atoms with Gasteiger partial charge in [-0.05, 0) is 18.8 Å². The van der Waals surface area contributed by atoms with Gasteiger partial charge in [-0.1, -0.05) is 13.8 Å². The SMILES string of the molecule is CC(C)[C@@H]1OCCC[C@@H]1C(=O)N(C)c1ccn(C)n1. The fourth-order valence-electron chi connectivity index (χ4n) is 2.67. The minimum atomic E-state index is -0.0549. The normalized spacial score (nSPS) is 23.6. The first-order valence-corrected chi connectivity index (χ1v) is 6.89. The lowest BCUT2D eigenvalue weighted by Gasteiger charge is -2.35. The van der Waals surface area contributed by atoms with Gasteiger partial charge >= 0.3 is 0 Å². The summed E-state index contributed by atoms with van der Waals surface area (Å²) in [6, 6.07) is 1.85. The third-order valence-electron chi connectivity index (χ3n) is 3.71. The summed E-state index contributed by atoms with van der Waals surface area (Å²) in [5, 5.41) is 4.28. The summed E-state index contributed by atoms with van der Waals surface area (Å²) in [5.74, 6) is 1.10. The molecule has 1 aromatic rings. The summed E-state index contributed by atoms with van der Waals surface area (Å²) in [6.45, 7) is 4.98. The van der Waals surface area contributed by atoms with Crippen molar-refractivity contribution in [2.75, 3.05) is 18.6 Å². The highest BCUT2D eigenvalue weighted by atomic mass is 16.5. The molecule has 0 aliphatic carbocycles. The summed E-state index contributed by atoms with van der Waals surface area (Å²) >= 11 is 0. The molecule has 2 atom stereocenters. The number of hydrogen-bond donors (Lipinski definition) is 0. The lowest BCUT2D eigenvalue weighted by Crippen LogP contribution is -2.44. The van der Waals surface area contributed by atoms with Gasteiger partial charge in [0, 0.05) is 33.0 Å². The van der Waals surface area contributed by atoms with Crippen LogP contribution in [0, 0.1) is 11.8 Å². The second kappa shape index (κ2) is 5.74. The molecule has 5 heteroatoms. The second-order valence-electron chi connectivity index (χ2n) is 5.57. The van der Waals surface area contributed by atoms with Crippen molar-refractivity contribution in [2.45, 2.75) is 32.8 Å². The molecule has 2 heterocycles. The van der Waals surface area contributed by atoms with Crippen molar-refractivity contribution in [2.24, 2.45) is 18.9 Å². The molecular formula is C14H23N3O2. The van der Waals surface area contributed by atoms with E-state index in [4.69, 9.17) is 4.74 Å². The lowest BCUT2D eigenvalue weighted by molar-refractivity contribution is -0.134. The van der Waals surface area contributed by atoms with Gasteiger partial charge in [0.1, 0.15) is 0 Å². The van der Waals surface area contributed by atoms with Gasteiger partial charge in [-0.2, -0.15) is 5.10 Å². The number of carbonyl (C=O) groups excluding carboxylic acids is 1. The van der Waals surface area contributed by atoms with Crippen molar-refractivity contribution in [1.29, 1.82) is 0 Å². The molecule has 1 amide bonds. The van der Waals surface area contributed by atoms with E-state index in [9.17, 15) is 4.79 Å². The molecule has 0 N–H and O–H groups in total. The van der Waals surface area contributed by atoms with E-state index < -0.39 is 0 Å². The van der Waals surface area contributed by atoms with Crippen molar-refractivity contribution in [3.63, 3.8) is 0 Å². The Morgan fingerprint density at radius 2 is 2.32 bits per heavy atom. The molecule has 0 bridgehead atoms. The molecule has 1 aliphatic rings. The maximum atomic E-state index is 12.6. The average molecular weight is 265 g/mol.